The molecule has 1 fully saturated rings. The summed E-state index contributed by atoms with van der Waals surface area (Å²) in [6.07, 6.45) is 5.07. The average molecular weight is 283 g/mol. The van der Waals surface area contributed by atoms with Gasteiger partial charge in [0.05, 0.1) is 6.54 Å². The largest absolute Gasteiger partial charge is 0.347 e. The number of nitrogens with two attached hydrogens (primary N) is 1. The van der Waals surface area contributed by atoms with Crippen LogP contribution in [-0.2, 0) is 9.59 Å². The molecule has 1 saturated carbocycles. The van der Waals surface area contributed by atoms with Crippen molar-refractivity contribution in [2.24, 2.45) is 17.6 Å². The summed E-state index contributed by atoms with van der Waals surface area (Å²) in [5.41, 5.74) is 5.81. The molecule has 116 valence electrons. The van der Waals surface area contributed by atoms with Crippen molar-refractivity contribution in [2.75, 3.05) is 33.7 Å². The third-order valence-corrected chi connectivity index (χ3v) is 4.16. The van der Waals surface area contributed by atoms with E-state index in [1.165, 1.54) is 4.90 Å². The molecule has 2 unspecified atom stereocenters. The third kappa shape index (κ3) is 4.47. The van der Waals surface area contributed by atoms with E-state index >= 15 is 0 Å². The molecule has 1 aliphatic rings. The van der Waals surface area contributed by atoms with E-state index in [4.69, 9.17) is 5.73 Å². The van der Waals surface area contributed by atoms with Gasteiger partial charge in [-0.05, 0) is 31.7 Å². The van der Waals surface area contributed by atoms with Crippen LogP contribution in [0.1, 0.15) is 39.0 Å². The first-order chi connectivity index (χ1) is 9.51. The van der Waals surface area contributed by atoms with E-state index in [0.717, 1.165) is 32.1 Å². The highest BCUT2D eigenvalue weighted by Crippen LogP contribution is 2.30. The maximum atomic E-state index is 12.7. The van der Waals surface area contributed by atoms with Gasteiger partial charge in [-0.1, -0.05) is 19.8 Å². The Balaban J connectivity index is 2.73. The molecule has 2 amide bonds. The van der Waals surface area contributed by atoms with Crippen LogP contribution < -0.4 is 5.73 Å². The topological polar surface area (TPSA) is 66.6 Å². The molecule has 0 aliphatic heterocycles. The molecular formula is C15H29N3O2. The minimum atomic E-state index is -0.0214. The highest BCUT2D eigenvalue weighted by Gasteiger charge is 2.33. The second-order valence-electron chi connectivity index (χ2n) is 5.93. The number of rotatable bonds is 6. The summed E-state index contributed by atoms with van der Waals surface area (Å²) in [4.78, 5) is 27.9. The smallest absolute Gasteiger partial charge is 0.241 e. The van der Waals surface area contributed by atoms with Crippen LogP contribution in [0.25, 0.3) is 0 Å². The summed E-state index contributed by atoms with van der Waals surface area (Å²) in [6.45, 7) is 3.43. The maximum absolute atomic E-state index is 12.7. The van der Waals surface area contributed by atoms with E-state index < -0.39 is 0 Å². The monoisotopic (exact) mass is 283 g/mol. The fraction of sp³-hybridized carbons (Fsp3) is 0.867. The Morgan fingerprint density at radius 3 is 2.40 bits per heavy atom. The number of hydrogen-bond acceptors (Lipinski definition) is 3. The van der Waals surface area contributed by atoms with Gasteiger partial charge in [-0.3, -0.25) is 9.59 Å². The van der Waals surface area contributed by atoms with Crippen LogP contribution in [0.15, 0.2) is 0 Å². The zero-order chi connectivity index (χ0) is 15.1. The van der Waals surface area contributed by atoms with Crippen LogP contribution in [0.5, 0.6) is 0 Å². The van der Waals surface area contributed by atoms with Crippen molar-refractivity contribution in [1.82, 2.24) is 9.80 Å². The second-order valence-corrected chi connectivity index (χ2v) is 5.93. The standard InChI is InChI=1S/C15H29N3O2/c1-4-9-18(11-14(19)17(2)3)15(20)13-8-6-5-7-12(13)10-16/h12-13H,4-11,16H2,1-3H3. The van der Waals surface area contributed by atoms with Crippen molar-refractivity contribution >= 4 is 11.8 Å². The summed E-state index contributed by atoms with van der Waals surface area (Å²) < 4.78 is 0. The van der Waals surface area contributed by atoms with Crippen LogP contribution in [0.3, 0.4) is 0 Å². The van der Waals surface area contributed by atoms with E-state index in [1.54, 1.807) is 19.0 Å². The third-order valence-electron chi connectivity index (χ3n) is 4.16. The SMILES string of the molecule is CCCN(CC(=O)N(C)C)C(=O)C1CCCCC1CN. The van der Waals surface area contributed by atoms with E-state index in [9.17, 15) is 9.59 Å². The van der Waals surface area contributed by atoms with E-state index in [0.29, 0.717) is 13.1 Å². The number of carbonyl (C=O) groups is 2. The molecule has 0 spiro atoms. The molecule has 0 heterocycles. The van der Waals surface area contributed by atoms with Gasteiger partial charge in [0.15, 0.2) is 0 Å². The first-order valence-electron chi connectivity index (χ1n) is 7.70. The zero-order valence-electron chi connectivity index (χ0n) is 13.1. The molecule has 20 heavy (non-hydrogen) atoms. The van der Waals surface area contributed by atoms with Gasteiger partial charge in [-0.15, -0.1) is 0 Å². The molecule has 2 atom stereocenters. The molecule has 0 aromatic carbocycles. The molecule has 0 bridgehead atoms. The number of nitrogens with zero attached hydrogens (tertiary/aromatic N) is 2. The van der Waals surface area contributed by atoms with Gasteiger partial charge in [0.25, 0.3) is 0 Å². The Morgan fingerprint density at radius 2 is 1.85 bits per heavy atom. The molecule has 5 heteroatoms. The van der Waals surface area contributed by atoms with Crippen LogP contribution in [-0.4, -0.2) is 55.3 Å². The van der Waals surface area contributed by atoms with Gasteiger partial charge in [0.1, 0.15) is 0 Å². The van der Waals surface area contributed by atoms with Crippen molar-refractivity contribution in [1.29, 1.82) is 0 Å². The first-order valence-corrected chi connectivity index (χ1v) is 7.70. The van der Waals surface area contributed by atoms with E-state index in [-0.39, 0.29) is 30.2 Å². The Morgan fingerprint density at radius 1 is 1.20 bits per heavy atom. The van der Waals surface area contributed by atoms with Crippen molar-refractivity contribution < 1.29 is 9.59 Å². The molecule has 0 aromatic heterocycles. The van der Waals surface area contributed by atoms with Crippen LogP contribution in [0, 0.1) is 11.8 Å². The Kier molecular flexibility index (Phi) is 6.99. The number of likely N-dealkylation sites (N-methyl/N-ethyl adjacent to an activating group) is 1. The molecule has 5 nitrogen and oxygen atoms in total. The second kappa shape index (κ2) is 8.25. The predicted octanol–water partition coefficient (Wildman–Crippen LogP) is 1.08. The summed E-state index contributed by atoms with van der Waals surface area (Å²) >= 11 is 0. The van der Waals surface area contributed by atoms with Crippen molar-refractivity contribution in [3.05, 3.63) is 0 Å². The maximum Gasteiger partial charge on any atom is 0.241 e. The lowest BCUT2D eigenvalue weighted by atomic mass is 9.78. The van der Waals surface area contributed by atoms with Crippen LogP contribution in [0.2, 0.25) is 0 Å². The number of amides is 2. The molecule has 0 radical (unpaired) electrons. The van der Waals surface area contributed by atoms with Gasteiger partial charge >= 0.3 is 0 Å². The van der Waals surface area contributed by atoms with Gasteiger partial charge in [-0.2, -0.15) is 0 Å². The summed E-state index contributed by atoms with van der Waals surface area (Å²) in [5.74, 6) is 0.393. The lowest BCUT2D eigenvalue weighted by molar-refractivity contribution is -0.144. The lowest BCUT2D eigenvalue weighted by Crippen LogP contribution is -2.46. The summed E-state index contributed by atoms with van der Waals surface area (Å²) in [6, 6.07) is 0. The molecule has 0 aromatic rings. The molecular weight excluding hydrogens is 254 g/mol. The minimum absolute atomic E-state index is 0.00950. The van der Waals surface area contributed by atoms with Crippen molar-refractivity contribution in [3.63, 3.8) is 0 Å². The van der Waals surface area contributed by atoms with Crippen molar-refractivity contribution in [2.45, 2.75) is 39.0 Å². The fourth-order valence-corrected chi connectivity index (χ4v) is 2.89. The van der Waals surface area contributed by atoms with E-state index in [1.807, 2.05) is 6.92 Å². The van der Waals surface area contributed by atoms with Crippen molar-refractivity contribution in [3.8, 4) is 0 Å². The average Bonchev–Trinajstić information content (AvgIpc) is 2.45. The fourth-order valence-electron chi connectivity index (χ4n) is 2.89. The van der Waals surface area contributed by atoms with Gasteiger partial charge < -0.3 is 15.5 Å². The molecule has 2 N–H and O–H groups in total. The highest BCUT2D eigenvalue weighted by molar-refractivity contribution is 5.86. The normalized spacial score (nSPS) is 22.4. The Labute approximate surface area is 122 Å². The highest BCUT2D eigenvalue weighted by atomic mass is 16.2. The molecule has 1 rings (SSSR count). The quantitative estimate of drug-likeness (QED) is 0.793. The van der Waals surface area contributed by atoms with Gasteiger partial charge in [-0.25, -0.2) is 0 Å². The summed E-state index contributed by atoms with van der Waals surface area (Å²) in [7, 11) is 3.44. The van der Waals surface area contributed by atoms with Crippen LogP contribution in [0.4, 0.5) is 0 Å². The molecule has 0 saturated heterocycles. The van der Waals surface area contributed by atoms with Crippen LogP contribution >= 0.6 is 0 Å². The Bertz CT molecular complexity index is 331. The summed E-state index contributed by atoms with van der Waals surface area (Å²) in [5, 5.41) is 0. The minimum Gasteiger partial charge on any atom is -0.347 e. The zero-order valence-corrected chi connectivity index (χ0v) is 13.1. The lowest BCUT2D eigenvalue weighted by Gasteiger charge is -2.34. The Hall–Kier alpha value is -1.10. The number of carbonyl (C=O) groups excluding carboxylic acids is 2. The van der Waals surface area contributed by atoms with E-state index in [2.05, 4.69) is 0 Å². The van der Waals surface area contributed by atoms with Gasteiger partial charge in [0, 0.05) is 26.6 Å². The van der Waals surface area contributed by atoms with Gasteiger partial charge in [0.2, 0.25) is 11.8 Å². The number of hydrogen-bond donors (Lipinski definition) is 1. The predicted molar refractivity (Wildman–Crippen MR) is 80.1 cm³/mol. The first kappa shape index (κ1) is 17.0. The molecule has 1 aliphatic carbocycles.